The van der Waals surface area contributed by atoms with Gasteiger partial charge < -0.3 is 9.80 Å². The van der Waals surface area contributed by atoms with Crippen molar-refractivity contribution in [3.8, 4) is 6.07 Å². The standard InChI is InChI=1S/C24H33N5O/c1-5-6-22-21(8-7-19(14-25)24(22)26-3)20-13-18(2)15-29(16-20)23(30)17-28-11-9-27(4)10-12-28/h5-8,18,20H,3,9-13,15-17H2,1-2,4H3/b6-5-/t18-,20-/m1/s1. The molecule has 1 amide bonds. The number of likely N-dealkylation sites (N-methyl/N-ethyl adjacent to an activating group) is 1. The Labute approximate surface area is 180 Å². The summed E-state index contributed by atoms with van der Waals surface area (Å²) in [6.07, 6.45) is 5.00. The fourth-order valence-corrected chi connectivity index (χ4v) is 4.66. The van der Waals surface area contributed by atoms with Crippen LogP contribution in [0.1, 0.15) is 42.9 Å². The van der Waals surface area contributed by atoms with Gasteiger partial charge in [0.15, 0.2) is 0 Å². The summed E-state index contributed by atoms with van der Waals surface area (Å²) in [4.78, 5) is 23.9. The second kappa shape index (κ2) is 10.0. The Morgan fingerprint density at radius 1 is 1.30 bits per heavy atom. The number of hydrogen-bond acceptors (Lipinski definition) is 5. The second-order valence-corrected chi connectivity index (χ2v) is 8.65. The molecule has 0 aliphatic carbocycles. The predicted octanol–water partition coefficient (Wildman–Crippen LogP) is 3.12. The first-order valence-electron chi connectivity index (χ1n) is 10.8. The zero-order valence-electron chi connectivity index (χ0n) is 18.5. The van der Waals surface area contributed by atoms with Gasteiger partial charge in [0, 0.05) is 50.7 Å². The molecule has 2 fully saturated rings. The predicted molar refractivity (Wildman–Crippen MR) is 122 cm³/mol. The molecule has 2 atom stereocenters. The number of likely N-dealkylation sites (tertiary alicyclic amines) is 1. The average molecular weight is 408 g/mol. The molecule has 6 heteroatoms. The molecular weight excluding hydrogens is 374 g/mol. The summed E-state index contributed by atoms with van der Waals surface area (Å²) in [5.41, 5.74) is 3.28. The molecule has 160 valence electrons. The molecule has 0 saturated carbocycles. The maximum absolute atomic E-state index is 13.1. The first-order chi connectivity index (χ1) is 14.5. The number of piperazine rings is 1. The van der Waals surface area contributed by atoms with E-state index in [-0.39, 0.29) is 11.8 Å². The molecule has 1 aromatic rings. The first-order valence-corrected chi connectivity index (χ1v) is 10.8. The smallest absolute Gasteiger partial charge is 0.236 e. The van der Waals surface area contributed by atoms with Gasteiger partial charge >= 0.3 is 0 Å². The Morgan fingerprint density at radius 3 is 2.67 bits per heavy atom. The maximum Gasteiger partial charge on any atom is 0.236 e. The highest BCUT2D eigenvalue weighted by atomic mass is 16.2. The molecule has 2 aliphatic rings. The summed E-state index contributed by atoms with van der Waals surface area (Å²) in [5, 5.41) is 9.45. The normalized spacial score (nSPS) is 23.5. The summed E-state index contributed by atoms with van der Waals surface area (Å²) >= 11 is 0. The van der Waals surface area contributed by atoms with Gasteiger partial charge in [0.05, 0.1) is 17.8 Å². The third kappa shape index (κ3) is 4.97. The Morgan fingerprint density at radius 2 is 2.03 bits per heavy atom. The van der Waals surface area contributed by atoms with E-state index in [1.165, 1.54) is 0 Å². The molecule has 0 N–H and O–H groups in total. The molecule has 0 radical (unpaired) electrons. The molecule has 2 aliphatic heterocycles. The van der Waals surface area contributed by atoms with Gasteiger partial charge in [0.25, 0.3) is 0 Å². The van der Waals surface area contributed by atoms with E-state index in [0.717, 1.165) is 50.3 Å². The van der Waals surface area contributed by atoms with Gasteiger partial charge in [-0.05, 0) is 44.7 Å². The van der Waals surface area contributed by atoms with E-state index < -0.39 is 0 Å². The minimum atomic E-state index is 0.222. The molecular formula is C24H33N5O. The quantitative estimate of drug-likeness (QED) is 0.704. The Balaban J connectivity index is 1.81. The van der Waals surface area contributed by atoms with Crippen LogP contribution in [0.15, 0.2) is 23.2 Å². The van der Waals surface area contributed by atoms with Crippen molar-refractivity contribution in [3.63, 3.8) is 0 Å². The van der Waals surface area contributed by atoms with Crippen molar-refractivity contribution in [1.82, 2.24) is 14.7 Å². The molecule has 30 heavy (non-hydrogen) atoms. The first kappa shape index (κ1) is 22.2. The molecule has 2 heterocycles. The highest BCUT2D eigenvalue weighted by Gasteiger charge is 2.31. The minimum Gasteiger partial charge on any atom is -0.341 e. The molecule has 3 rings (SSSR count). The Bertz CT molecular complexity index is 848. The van der Waals surface area contributed by atoms with Gasteiger partial charge in [0.1, 0.15) is 6.07 Å². The van der Waals surface area contributed by atoms with E-state index >= 15 is 0 Å². The van der Waals surface area contributed by atoms with Crippen LogP contribution in [-0.2, 0) is 4.79 Å². The summed E-state index contributed by atoms with van der Waals surface area (Å²) in [6, 6.07) is 6.09. The SMILES string of the molecule is C=Nc1c(C#N)ccc([C@@H]2C[C@@H](C)CN(C(=O)CN3CCN(C)CC3)C2)c1/C=C\C. The van der Waals surface area contributed by atoms with Crippen molar-refractivity contribution in [3.05, 3.63) is 34.9 Å². The van der Waals surface area contributed by atoms with Crippen LogP contribution < -0.4 is 0 Å². The molecule has 0 spiro atoms. The van der Waals surface area contributed by atoms with Crippen molar-refractivity contribution in [2.24, 2.45) is 10.9 Å². The fraction of sp³-hybridized carbons (Fsp3) is 0.542. The van der Waals surface area contributed by atoms with Crippen LogP contribution in [0.2, 0.25) is 0 Å². The highest BCUT2D eigenvalue weighted by Crippen LogP contribution is 2.37. The lowest BCUT2D eigenvalue weighted by molar-refractivity contribution is -0.134. The van der Waals surface area contributed by atoms with E-state index in [2.05, 4.69) is 41.6 Å². The topological polar surface area (TPSA) is 62.9 Å². The number of allylic oxidation sites excluding steroid dienone is 1. The Kier molecular flexibility index (Phi) is 7.41. The second-order valence-electron chi connectivity index (χ2n) is 8.65. The van der Waals surface area contributed by atoms with Gasteiger partial charge in [-0.1, -0.05) is 25.1 Å². The van der Waals surface area contributed by atoms with Crippen molar-refractivity contribution in [2.45, 2.75) is 26.2 Å². The van der Waals surface area contributed by atoms with Crippen molar-refractivity contribution < 1.29 is 4.79 Å². The van der Waals surface area contributed by atoms with Crippen LogP contribution in [-0.4, -0.2) is 80.2 Å². The lowest BCUT2D eigenvalue weighted by atomic mass is 9.82. The summed E-state index contributed by atoms with van der Waals surface area (Å²) in [6.45, 7) is 13.8. The molecule has 0 bridgehead atoms. The van der Waals surface area contributed by atoms with E-state index in [9.17, 15) is 10.1 Å². The number of nitrogens with zero attached hydrogens (tertiary/aromatic N) is 5. The van der Waals surface area contributed by atoms with Crippen LogP contribution in [0.5, 0.6) is 0 Å². The van der Waals surface area contributed by atoms with E-state index in [1.807, 2.05) is 36.1 Å². The van der Waals surface area contributed by atoms with Crippen molar-refractivity contribution >= 4 is 24.4 Å². The number of carbonyl (C=O) groups excluding carboxylic acids is 1. The van der Waals surface area contributed by atoms with Gasteiger partial charge in [-0.25, -0.2) is 0 Å². The van der Waals surface area contributed by atoms with Gasteiger partial charge in [-0.15, -0.1) is 0 Å². The van der Waals surface area contributed by atoms with E-state index in [1.54, 1.807) is 0 Å². The highest BCUT2D eigenvalue weighted by molar-refractivity contribution is 5.79. The largest absolute Gasteiger partial charge is 0.341 e. The summed E-state index contributed by atoms with van der Waals surface area (Å²) in [5.74, 6) is 0.874. The zero-order valence-corrected chi connectivity index (χ0v) is 18.5. The van der Waals surface area contributed by atoms with Crippen LogP contribution in [0.4, 0.5) is 5.69 Å². The summed E-state index contributed by atoms with van der Waals surface area (Å²) < 4.78 is 0. The van der Waals surface area contributed by atoms with E-state index in [0.29, 0.717) is 30.3 Å². The van der Waals surface area contributed by atoms with Crippen LogP contribution in [0.3, 0.4) is 0 Å². The number of carbonyl (C=O) groups is 1. The van der Waals surface area contributed by atoms with Crippen LogP contribution >= 0.6 is 0 Å². The zero-order chi connectivity index (χ0) is 21.7. The van der Waals surface area contributed by atoms with Crippen molar-refractivity contribution in [1.29, 1.82) is 5.26 Å². The lowest BCUT2D eigenvalue weighted by Crippen LogP contribution is -2.51. The van der Waals surface area contributed by atoms with E-state index in [4.69, 9.17) is 0 Å². The molecule has 0 unspecified atom stereocenters. The number of benzene rings is 1. The number of hydrogen-bond donors (Lipinski definition) is 0. The number of nitriles is 1. The molecule has 6 nitrogen and oxygen atoms in total. The van der Waals surface area contributed by atoms with Crippen LogP contribution in [0, 0.1) is 17.2 Å². The molecule has 1 aromatic carbocycles. The van der Waals surface area contributed by atoms with Gasteiger partial charge in [0.2, 0.25) is 5.91 Å². The monoisotopic (exact) mass is 407 g/mol. The molecule has 2 saturated heterocycles. The number of piperidine rings is 1. The number of aliphatic imine (C=N–C) groups is 1. The van der Waals surface area contributed by atoms with Gasteiger partial charge in [-0.2, -0.15) is 5.26 Å². The molecule has 0 aromatic heterocycles. The minimum absolute atomic E-state index is 0.222. The third-order valence-electron chi connectivity index (χ3n) is 6.27. The third-order valence-corrected chi connectivity index (χ3v) is 6.27. The fourth-order valence-electron chi connectivity index (χ4n) is 4.66. The Hall–Kier alpha value is -2.49. The lowest BCUT2D eigenvalue weighted by Gasteiger charge is -2.39. The number of amides is 1. The van der Waals surface area contributed by atoms with Crippen molar-refractivity contribution in [2.75, 3.05) is 52.9 Å². The average Bonchev–Trinajstić information content (AvgIpc) is 2.74. The van der Waals surface area contributed by atoms with Crippen LogP contribution in [0.25, 0.3) is 6.08 Å². The summed E-state index contributed by atoms with van der Waals surface area (Å²) in [7, 11) is 2.13. The maximum atomic E-state index is 13.1. The number of rotatable bonds is 5. The van der Waals surface area contributed by atoms with Gasteiger partial charge in [-0.3, -0.25) is 14.7 Å².